The van der Waals surface area contributed by atoms with E-state index in [9.17, 15) is 4.79 Å². The number of hydrogen-bond acceptors (Lipinski definition) is 3. The molecule has 1 amide bonds. The Labute approximate surface area is 102 Å². The predicted octanol–water partition coefficient (Wildman–Crippen LogP) is 2.13. The molecule has 0 atom stereocenters. The highest BCUT2D eigenvalue weighted by Gasteiger charge is 2.07. The Hall–Kier alpha value is -1.00. The molecular weight excluding hydrogens is 222 g/mol. The number of benzene rings is 1. The fourth-order valence-corrected chi connectivity index (χ4v) is 1.48. The summed E-state index contributed by atoms with van der Waals surface area (Å²) in [5.74, 6) is -0.113. The summed E-state index contributed by atoms with van der Waals surface area (Å²) in [4.78, 5) is 12.4. The fourth-order valence-electron chi connectivity index (χ4n) is 1.22. The lowest BCUT2D eigenvalue weighted by atomic mass is 10.2. The lowest BCUT2D eigenvalue weighted by Gasteiger charge is -2.09. The van der Waals surface area contributed by atoms with Gasteiger partial charge in [0.05, 0.1) is 18.3 Å². The van der Waals surface area contributed by atoms with Crippen molar-refractivity contribution in [3.8, 4) is 0 Å². The third-order valence-electron chi connectivity index (χ3n) is 1.99. The first kappa shape index (κ1) is 13.1. The number of amides is 1. The molecule has 16 heavy (non-hydrogen) atoms. The van der Waals surface area contributed by atoms with Crippen LogP contribution in [0.25, 0.3) is 0 Å². The molecule has 0 unspecified atom stereocenters. The van der Waals surface area contributed by atoms with Crippen LogP contribution in [0.5, 0.6) is 0 Å². The largest absolute Gasteiger partial charge is 0.377 e. The van der Waals surface area contributed by atoms with E-state index >= 15 is 0 Å². The lowest BCUT2D eigenvalue weighted by Crippen LogP contribution is -2.28. The molecule has 1 N–H and O–H groups in total. The van der Waals surface area contributed by atoms with Crippen molar-refractivity contribution in [2.75, 3.05) is 13.2 Å². The molecular formula is C12H17NO2S. The average Bonchev–Trinajstić information content (AvgIpc) is 2.24. The predicted molar refractivity (Wildman–Crippen MR) is 67.1 cm³/mol. The summed E-state index contributed by atoms with van der Waals surface area (Å²) in [6.07, 6.45) is 0.189. The second-order valence-corrected chi connectivity index (χ2v) is 4.17. The highest BCUT2D eigenvalue weighted by atomic mass is 32.1. The van der Waals surface area contributed by atoms with Crippen LogP contribution >= 0.6 is 12.6 Å². The van der Waals surface area contributed by atoms with Gasteiger partial charge >= 0.3 is 0 Å². The maximum Gasteiger partial charge on any atom is 0.252 e. The van der Waals surface area contributed by atoms with Gasteiger partial charge in [0.15, 0.2) is 0 Å². The molecule has 3 nitrogen and oxygen atoms in total. The Morgan fingerprint density at radius 3 is 2.75 bits per heavy atom. The molecule has 0 aliphatic heterocycles. The van der Waals surface area contributed by atoms with Crippen molar-refractivity contribution in [1.29, 1.82) is 0 Å². The van der Waals surface area contributed by atoms with Crippen molar-refractivity contribution in [2.45, 2.75) is 24.8 Å². The molecule has 1 rings (SSSR count). The van der Waals surface area contributed by atoms with E-state index in [1.54, 1.807) is 12.1 Å². The van der Waals surface area contributed by atoms with Gasteiger partial charge in [0.2, 0.25) is 0 Å². The van der Waals surface area contributed by atoms with Crippen LogP contribution in [-0.4, -0.2) is 25.2 Å². The molecule has 0 saturated carbocycles. The van der Waals surface area contributed by atoms with Gasteiger partial charge in [0.25, 0.3) is 5.91 Å². The van der Waals surface area contributed by atoms with Crippen molar-refractivity contribution >= 4 is 18.5 Å². The summed E-state index contributed by atoms with van der Waals surface area (Å²) in [6.45, 7) is 4.97. The lowest BCUT2D eigenvalue weighted by molar-refractivity contribution is 0.0745. The molecule has 0 heterocycles. The second kappa shape index (κ2) is 6.55. The first-order chi connectivity index (χ1) is 7.61. The minimum Gasteiger partial charge on any atom is -0.377 e. The van der Waals surface area contributed by atoms with E-state index in [2.05, 4.69) is 17.9 Å². The van der Waals surface area contributed by atoms with E-state index in [0.717, 1.165) is 0 Å². The minimum absolute atomic E-state index is 0.113. The molecule has 0 aromatic heterocycles. The number of carbonyl (C=O) groups excluding carboxylic acids is 1. The van der Waals surface area contributed by atoms with Gasteiger partial charge < -0.3 is 10.1 Å². The van der Waals surface area contributed by atoms with Crippen molar-refractivity contribution in [1.82, 2.24) is 5.32 Å². The normalized spacial score (nSPS) is 10.5. The molecule has 0 aliphatic rings. The van der Waals surface area contributed by atoms with Gasteiger partial charge in [-0.25, -0.2) is 0 Å². The van der Waals surface area contributed by atoms with Crippen LogP contribution in [0.4, 0.5) is 0 Å². The average molecular weight is 239 g/mol. The van der Waals surface area contributed by atoms with Crippen LogP contribution in [0.3, 0.4) is 0 Å². The van der Waals surface area contributed by atoms with Gasteiger partial charge in [-0.2, -0.15) is 0 Å². The summed E-state index contributed by atoms with van der Waals surface area (Å²) in [7, 11) is 0. The molecule has 88 valence electrons. The van der Waals surface area contributed by atoms with Gasteiger partial charge in [-0.1, -0.05) is 12.1 Å². The number of thiol groups is 1. The van der Waals surface area contributed by atoms with E-state index in [1.807, 2.05) is 26.0 Å². The van der Waals surface area contributed by atoms with Crippen LogP contribution < -0.4 is 5.32 Å². The van der Waals surface area contributed by atoms with Crippen LogP contribution in [0.15, 0.2) is 29.2 Å². The van der Waals surface area contributed by atoms with E-state index in [-0.39, 0.29) is 12.0 Å². The standard InChI is InChI=1S/C12H17NO2S/c1-9(2)15-8-7-13-12(14)10-5-3-4-6-11(10)16/h3-6,9,16H,7-8H2,1-2H3,(H,13,14). The quantitative estimate of drug-likeness (QED) is 0.610. The summed E-state index contributed by atoms with van der Waals surface area (Å²) in [5.41, 5.74) is 0.593. The topological polar surface area (TPSA) is 38.3 Å². The van der Waals surface area contributed by atoms with E-state index in [1.165, 1.54) is 0 Å². The first-order valence-electron chi connectivity index (χ1n) is 5.29. The van der Waals surface area contributed by atoms with Crippen molar-refractivity contribution < 1.29 is 9.53 Å². The molecule has 0 saturated heterocycles. The SMILES string of the molecule is CC(C)OCCNC(=O)c1ccccc1S. The molecule has 0 aliphatic carbocycles. The van der Waals surface area contributed by atoms with Gasteiger partial charge in [0.1, 0.15) is 0 Å². The smallest absolute Gasteiger partial charge is 0.252 e. The third-order valence-corrected chi connectivity index (χ3v) is 2.38. The zero-order chi connectivity index (χ0) is 12.0. The maximum atomic E-state index is 11.7. The van der Waals surface area contributed by atoms with Crippen molar-refractivity contribution in [2.24, 2.45) is 0 Å². The molecule has 4 heteroatoms. The second-order valence-electron chi connectivity index (χ2n) is 3.69. The van der Waals surface area contributed by atoms with E-state index in [4.69, 9.17) is 4.74 Å². The summed E-state index contributed by atoms with van der Waals surface area (Å²) in [5, 5.41) is 2.78. The Bertz CT molecular complexity index is 353. The molecule has 1 aromatic rings. The van der Waals surface area contributed by atoms with Crippen LogP contribution in [0, 0.1) is 0 Å². The summed E-state index contributed by atoms with van der Waals surface area (Å²) >= 11 is 4.22. The number of rotatable bonds is 5. The molecule has 0 radical (unpaired) electrons. The fraction of sp³-hybridized carbons (Fsp3) is 0.417. The maximum absolute atomic E-state index is 11.7. The highest BCUT2D eigenvalue weighted by molar-refractivity contribution is 7.80. The van der Waals surface area contributed by atoms with Crippen LogP contribution in [0.2, 0.25) is 0 Å². The Kier molecular flexibility index (Phi) is 5.35. The first-order valence-corrected chi connectivity index (χ1v) is 5.73. The summed E-state index contributed by atoms with van der Waals surface area (Å²) < 4.78 is 5.32. The highest BCUT2D eigenvalue weighted by Crippen LogP contribution is 2.12. The molecule has 0 bridgehead atoms. The molecule has 0 spiro atoms. The monoisotopic (exact) mass is 239 g/mol. The van der Waals surface area contributed by atoms with E-state index < -0.39 is 0 Å². The van der Waals surface area contributed by atoms with Crippen LogP contribution in [0.1, 0.15) is 24.2 Å². The Balaban J connectivity index is 2.39. The Morgan fingerprint density at radius 1 is 1.44 bits per heavy atom. The Morgan fingerprint density at radius 2 is 2.12 bits per heavy atom. The zero-order valence-electron chi connectivity index (χ0n) is 9.56. The minimum atomic E-state index is -0.113. The number of nitrogens with one attached hydrogen (secondary N) is 1. The number of ether oxygens (including phenoxy) is 1. The van der Waals surface area contributed by atoms with Gasteiger partial charge in [0, 0.05) is 11.4 Å². The summed E-state index contributed by atoms with van der Waals surface area (Å²) in [6, 6.07) is 7.21. The van der Waals surface area contributed by atoms with Crippen molar-refractivity contribution in [3.63, 3.8) is 0 Å². The zero-order valence-corrected chi connectivity index (χ0v) is 10.5. The number of carbonyl (C=O) groups is 1. The van der Waals surface area contributed by atoms with Crippen molar-refractivity contribution in [3.05, 3.63) is 29.8 Å². The van der Waals surface area contributed by atoms with Gasteiger partial charge in [-0.15, -0.1) is 12.6 Å². The van der Waals surface area contributed by atoms with Gasteiger partial charge in [-0.05, 0) is 26.0 Å². The molecule has 0 fully saturated rings. The third kappa shape index (κ3) is 4.24. The number of hydrogen-bond donors (Lipinski definition) is 2. The molecule has 1 aromatic carbocycles. The van der Waals surface area contributed by atoms with Crippen LogP contribution in [-0.2, 0) is 4.74 Å². The van der Waals surface area contributed by atoms with Gasteiger partial charge in [-0.3, -0.25) is 4.79 Å². The van der Waals surface area contributed by atoms with E-state index in [0.29, 0.717) is 23.6 Å².